The van der Waals surface area contributed by atoms with E-state index in [1.807, 2.05) is 24.1 Å². The van der Waals surface area contributed by atoms with Crippen molar-refractivity contribution in [3.8, 4) is 0 Å². The van der Waals surface area contributed by atoms with Gasteiger partial charge in [-0.25, -0.2) is 9.78 Å². The number of ether oxygens (including phenoxy) is 1. The third kappa shape index (κ3) is 3.64. The number of nitrogens with two attached hydrogens (primary N) is 1. The van der Waals surface area contributed by atoms with Gasteiger partial charge in [0.25, 0.3) is 0 Å². The number of carbonyl (C=O) groups is 1. The normalized spacial score (nSPS) is 10.2. The van der Waals surface area contributed by atoms with Crippen LogP contribution in [0.1, 0.15) is 15.9 Å². The number of halogens is 1. The van der Waals surface area contributed by atoms with Crippen LogP contribution in [0.25, 0.3) is 0 Å². The second-order valence-corrected chi connectivity index (χ2v) is 5.03. The molecule has 110 valence electrons. The minimum Gasteiger partial charge on any atom is -0.465 e. The topological polar surface area (TPSA) is 68.5 Å². The lowest BCUT2D eigenvalue weighted by Crippen LogP contribution is -2.18. The van der Waals surface area contributed by atoms with Gasteiger partial charge in [0.2, 0.25) is 0 Å². The number of aromatic nitrogens is 1. The predicted octanol–water partition coefficient (Wildman–Crippen LogP) is 2.74. The second-order valence-electron chi connectivity index (χ2n) is 4.62. The van der Waals surface area contributed by atoms with Gasteiger partial charge in [0, 0.05) is 13.6 Å². The zero-order valence-electron chi connectivity index (χ0n) is 11.8. The van der Waals surface area contributed by atoms with Gasteiger partial charge < -0.3 is 15.4 Å². The van der Waals surface area contributed by atoms with Crippen LogP contribution in [0.4, 0.5) is 11.5 Å². The van der Waals surface area contributed by atoms with E-state index in [0.717, 1.165) is 5.56 Å². The molecule has 0 spiro atoms. The molecule has 2 N–H and O–H groups in total. The van der Waals surface area contributed by atoms with Crippen LogP contribution in [0.3, 0.4) is 0 Å². The van der Waals surface area contributed by atoms with Crippen molar-refractivity contribution in [1.29, 1.82) is 0 Å². The summed E-state index contributed by atoms with van der Waals surface area (Å²) in [6.45, 7) is 0.557. The van der Waals surface area contributed by atoms with Crippen LogP contribution in [0.5, 0.6) is 0 Å². The highest BCUT2D eigenvalue weighted by Gasteiger charge is 2.11. The van der Waals surface area contributed by atoms with Gasteiger partial charge in [0.1, 0.15) is 5.82 Å². The van der Waals surface area contributed by atoms with E-state index < -0.39 is 0 Å². The largest absolute Gasteiger partial charge is 0.465 e. The number of hydrogen-bond acceptors (Lipinski definition) is 5. The van der Waals surface area contributed by atoms with E-state index in [0.29, 0.717) is 28.6 Å². The molecule has 6 heteroatoms. The van der Waals surface area contributed by atoms with Crippen LogP contribution in [0.15, 0.2) is 36.5 Å². The Bertz CT molecular complexity index is 661. The molecule has 0 saturated heterocycles. The molecule has 0 aliphatic rings. The molecule has 0 bridgehead atoms. The lowest BCUT2D eigenvalue weighted by molar-refractivity contribution is 0.0600. The molecule has 0 aliphatic carbocycles. The maximum absolute atomic E-state index is 11.5. The number of nitrogen functional groups attached to an aromatic ring is 1. The van der Waals surface area contributed by atoms with Gasteiger partial charge in [-0.05, 0) is 23.8 Å². The van der Waals surface area contributed by atoms with E-state index in [1.54, 1.807) is 24.4 Å². The molecular formula is C15H16ClN3O2. The molecule has 21 heavy (non-hydrogen) atoms. The summed E-state index contributed by atoms with van der Waals surface area (Å²) in [7, 11) is 3.23. The number of hydrogen-bond donors (Lipinski definition) is 1. The molecule has 1 aromatic carbocycles. The monoisotopic (exact) mass is 305 g/mol. The van der Waals surface area contributed by atoms with E-state index in [2.05, 4.69) is 4.98 Å². The Morgan fingerprint density at radius 3 is 2.86 bits per heavy atom. The smallest absolute Gasteiger partial charge is 0.337 e. The first-order valence-electron chi connectivity index (χ1n) is 6.30. The number of esters is 1. The number of benzene rings is 1. The van der Waals surface area contributed by atoms with Crippen LogP contribution in [-0.4, -0.2) is 25.1 Å². The molecule has 0 amide bonds. The Balaban J connectivity index is 2.19. The molecule has 0 aliphatic heterocycles. The summed E-state index contributed by atoms with van der Waals surface area (Å²) in [5.41, 5.74) is 7.62. The zero-order valence-corrected chi connectivity index (χ0v) is 12.6. The van der Waals surface area contributed by atoms with E-state index in [1.165, 1.54) is 7.11 Å². The van der Waals surface area contributed by atoms with Crippen LogP contribution in [0.2, 0.25) is 5.02 Å². The fraction of sp³-hybridized carbons (Fsp3) is 0.200. The van der Waals surface area contributed by atoms with Gasteiger partial charge in [0.15, 0.2) is 0 Å². The Labute approximate surface area is 128 Å². The van der Waals surface area contributed by atoms with Gasteiger partial charge in [-0.2, -0.15) is 0 Å². The van der Waals surface area contributed by atoms with Crippen LogP contribution >= 0.6 is 11.6 Å². The number of pyridine rings is 1. The maximum Gasteiger partial charge on any atom is 0.337 e. The minimum absolute atomic E-state index is 0.358. The molecule has 1 aromatic heterocycles. The highest BCUT2D eigenvalue weighted by atomic mass is 35.5. The Morgan fingerprint density at radius 2 is 2.19 bits per heavy atom. The highest BCUT2D eigenvalue weighted by molar-refractivity contribution is 6.33. The van der Waals surface area contributed by atoms with Crippen LogP contribution in [0, 0.1) is 0 Å². The van der Waals surface area contributed by atoms with Crippen molar-refractivity contribution < 1.29 is 9.53 Å². The summed E-state index contributed by atoms with van der Waals surface area (Å²) < 4.78 is 4.71. The number of methoxy groups -OCH3 is 1. The van der Waals surface area contributed by atoms with Crippen molar-refractivity contribution >= 4 is 29.1 Å². The average molecular weight is 306 g/mol. The molecule has 2 rings (SSSR count). The molecule has 0 fully saturated rings. The summed E-state index contributed by atoms with van der Waals surface area (Å²) in [5, 5.41) is 0.488. The Kier molecular flexibility index (Phi) is 4.65. The Morgan fingerprint density at radius 1 is 1.43 bits per heavy atom. The van der Waals surface area contributed by atoms with Crippen molar-refractivity contribution in [2.75, 3.05) is 24.8 Å². The van der Waals surface area contributed by atoms with Crippen molar-refractivity contribution in [1.82, 2.24) is 4.98 Å². The minimum atomic E-state index is -0.358. The third-order valence-corrected chi connectivity index (χ3v) is 3.25. The Hall–Kier alpha value is -2.27. The molecule has 0 unspecified atom stereocenters. The van der Waals surface area contributed by atoms with Crippen LogP contribution < -0.4 is 10.6 Å². The average Bonchev–Trinajstić information content (AvgIpc) is 2.46. The fourth-order valence-corrected chi connectivity index (χ4v) is 2.31. The molecule has 1 heterocycles. The van der Waals surface area contributed by atoms with E-state index >= 15 is 0 Å². The lowest BCUT2D eigenvalue weighted by Gasteiger charge is -2.19. The molecule has 5 nitrogen and oxygen atoms in total. The first-order valence-corrected chi connectivity index (χ1v) is 6.68. The fourth-order valence-electron chi connectivity index (χ4n) is 1.99. The van der Waals surface area contributed by atoms with Crippen molar-refractivity contribution in [3.63, 3.8) is 0 Å². The number of anilines is 2. The first-order chi connectivity index (χ1) is 10.0. The van der Waals surface area contributed by atoms with Gasteiger partial charge in [-0.3, -0.25) is 0 Å². The van der Waals surface area contributed by atoms with Crippen molar-refractivity contribution in [2.45, 2.75) is 6.54 Å². The number of rotatable bonds is 4. The van der Waals surface area contributed by atoms with Crippen molar-refractivity contribution in [2.24, 2.45) is 0 Å². The summed E-state index contributed by atoms with van der Waals surface area (Å²) in [4.78, 5) is 17.6. The number of nitrogens with zero attached hydrogens (tertiary/aromatic N) is 2. The summed E-state index contributed by atoms with van der Waals surface area (Å²) in [6, 6.07) is 8.89. The van der Waals surface area contributed by atoms with Gasteiger partial charge in [-0.15, -0.1) is 0 Å². The second kappa shape index (κ2) is 6.45. The van der Waals surface area contributed by atoms with E-state index in [4.69, 9.17) is 22.1 Å². The first kappa shape index (κ1) is 15.1. The summed E-state index contributed by atoms with van der Waals surface area (Å²) in [5.74, 6) is 0.275. The SMILES string of the molecule is COC(=O)c1cccc(CN(C)c2ncc(N)cc2Cl)c1. The van der Waals surface area contributed by atoms with E-state index in [9.17, 15) is 4.79 Å². The highest BCUT2D eigenvalue weighted by Crippen LogP contribution is 2.25. The van der Waals surface area contributed by atoms with E-state index in [-0.39, 0.29) is 5.97 Å². The van der Waals surface area contributed by atoms with Gasteiger partial charge in [-0.1, -0.05) is 23.7 Å². The third-order valence-electron chi connectivity index (χ3n) is 2.97. The molecular weight excluding hydrogens is 290 g/mol. The predicted molar refractivity (Wildman–Crippen MR) is 83.5 cm³/mol. The summed E-state index contributed by atoms with van der Waals surface area (Å²) in [6.07, 6.45) is 1.56. The zero-order chi connectivity index (χ0) is 15.4. The number of carbonyl (C=O) groups excluding carboxylic acids is 1. The standard InChI is InChI=1S/C15H16ClN3O2/c1-19(14-13(16)7-12(17)8-18-14)9-10-4-3-5-11(6-10)15(20)21-2/h3-8H,9,17H2,1-2H3. The van der Waals surface area contributed by atoms with Crippen LogP contribution in [-0.2, 0) is 11.3 Å². The summed E-state index contributed by atoms with van der Waals surface area (Å²) >= 11 is 6.14. The molecule has 0 radical (unpaired) electrons. The quantitative estimate of drug-likeness (QED) is 0.880. The van der Waals surface area contributed by atoms with Crippen molar-refractivity contribution in [3.05, 3.63) is 52.7 Å². The molecule has 0 atom stereocenters. The molecule has 0 saturated carbocycles. The molecule has 2 aromatic rings. The lowest BCUT2D eigenvalue weighted by atomic mass is 10.1. The van der Waals surface area contributed by atoms with Gasteiger partial charge in [0.05, 0.1) is 29.6 Å². The maximum atomic E-state index is 11.5. The van der Waals surface area contributed by atoms with Gasteiger partial charge >= 0.3 is 5.97 Å².